The van der Waals surface area contributed by atoms with Crippen LogP contribution in [0.1, 0.15) is 53.4 Å². The van der Waals surface area contributed by atoms with Crippen molar-refractivity contribution in [2.45, 2.75) is 59.5 Å². The summed E-state index contributed by atoms with van der Waals surface area (Å²) in [5.74, 6) is 0.792. The second kappa shape index (κ2) is 8.93. The van der Waals surface area contributed by atoms with Crippen molar-refractivity contribution < 1.29 is 9.05 Å². The average Bonchev–Trinajstić information content (AvgIpc) is 2.08. The lowest BCUT2D eigenvalue weighted by Gasteiger charge is -2.19. The molecule has 0 amide bonds. The molecule has 0 rings (SSSR count). The van der Waals surface area contributed by atoms with E-state index < -0.39 is 5.69 Å². The molecule has 0 aliphatic carbocycles. The summed E-state index contributed by atoms with van der Waals surface area (Å²) in [4.78, 5) is 0. The standard InChI is InChI=1S/C11H25O2PS2/c1-10(2)8-6-5-7-9-12-14(15,16)13-11(3)4/h10-11H,5-9H2,1-4H3,(H,15,16). The van der Waals surface area contributed by atoms with Gasteiger partial charge in [0.15, 0.2) is 0 Å². The van der Waals surface area contributed by atoms with E-state index in [0.717, 1.165) is 12.3 Å². The first-order valence-corrected chi connectivity index (χ1v) is 9.78. The summed E-state index contributed by atoms with van der Waals surface area (Å²) in [7, 11) is 0. The molecule has 0 aromatic rings. The fraction of sp³-hybridized carbons (Fsp3) is 1.00. The molecule has 16 heavy (non-hydrogen) atoms. The lowest BCUT2D eigenvalue weighted by Crippen LogP contribution is -2.00. The molecule has 0 aliphatic rings. The highest BCUT2D eigenvalue weighted by Crippen LogP contribution is 2.54. The summed E-state index contributed by atoms with van der Waals surface area (Å²) in [6.45, 7) is 9.07. The third-order valence-corrected chi connectivity index (χ3v) is 4.42. The van der Waals surface area contributed by atoms with E-state index in [4.69, 9.17) is 20.9 Å². The first-order valence-electron chi connectivity index (χ1n) is 5.99. The van der Waals surface area contributed by atoms with E-state index >= 15 is 0 Å². The minimum atomic E-state index is -2.29. The molecule has 0 radical (unpaired) electrons. The predicted octanol–water partition coefficient (Wildman–Crippen LogP) is 4.80. The van der Waals surface area contributed by atoms with Gasteiger partial charge >= 0.3 is 0 Å². The van der Waals surface area contributed by atoms with Crippen LogP contribution in [0.5, 0.6) is 0 Å². The van der Waals surface area contributed by atoms with Gasteiger partial charge in [-0.1, -0.05) is 45.4 Å². The minimum Gasteiger partial charge on any atom is -0.322 e. The van der Waals surface area contributed by atoms with Gasteiger partial charge in [0.05, 0.1) is 12.7 Å². The Labute approximate surface area is 111 Å². The molecule has 0 aromatic carbocycles. The van der Waals surface area contributed by atoms with Gasteiger partial charge in [-0.3, -0.25) is 0 Å². The van der Waals surface area contributed by atoms with Crippen molar-refractivity contribution in [2.24, 2.45) is 5.92 Å². The molecule has 0 aliphatic heterocycles. The van der Waals surface area contributed by atoms with Crippen LogP contribution in [-0.4, -0.2) is 12.7 Å². The van der Waals surface area contributed by atoms with Crippen LogP contribution >= 0.6 is 17.9 Å². The summed E-state index contributed by atoms with van der Waals surface area (Å²) in [6, 6.07) is 0. The van der Waals surface area contributed by atoms with Crippen molar-refractivity contribution in [3.05, 3.63) is 0 Å². The normalized spacial score (nSPS) is 15.7. The number of hydrogen-bond acceptors (Lipinski definition) is 3. The quantitative estimate of drug-likeness (QED) is 0.373. The van der Waals surface area contributed by atoms with Gasteiger partial charge in [-0.25, -0.2) is 0 Å². The third-order valence-electron chi connectivity index (χ3n) is 2.02. The molecule has 0 fully saturated rings. The maximum atomic E-state index is 5.52. The number of unbranched alkanes of at least 4 members (excludes halogenated alkanes) is 2. The molecule has 98 valence electrons. The van der Waals surface area contributed by atoms with Crippen LogP contribution in [0.15, 0.2) is 0 Å². The first-order chi connectivity index (χ1) is 7.33. The maximum Gasteiger partial charge on any atom is 0.244 e. The van der Waals surface area contributed by atoms with Crippen LogP contribution in [0.3, 0.4) is 0 Å². The Hall–Kier alpha value is 0.920. The lowest BCUT2D eigenvalue weighted by atomic mass is 10.1. The van der Waals surface area contributed by atoms with Gasteiger partial charge < -0.3 is 9.05 Å². The number of thiol groups is 1. The molecular weight excluding hydrogens is 259 g/mol. The van der Waals surface area contributed by atoms with Gasteiger partial charge in [-0.05, 0) is 38.0 Å². The Morgan fingerprint density at radius 2 is 1.75 bits per heavy atom. The molecule has 0 saturated heterocycles. The summed E-state index contributed by atoms with van der Waals surface area (Å²) in [5, 5.41) is 0. The van der Waals surface area contributed by atoms with Crippen molar-refractivity contribution in [3.8, 4) is 0 Å². The molecular formula is C11H25O2PS2. The minimum absolute atomic E-state index is 0.0873. The molecule has 0 N–H and O–H groups in total. The Balaban J connectivity index is 3.47. The second-order valence-corrected chi connectivity index (χ2v) is 9.94. The van der Waals surface area contributed by atoms with E-state index in [1.54, 1.807) is 0 Å². The summed E-state index contributed by atoms with van der Waals surface area (Å²) in [5.41, 5.74) is -2.29. The summed E-state index contributed by atoms with van der Waals surface area (Å²) < 4.78 is 11.0. The molecule has 0 heterocycles. The Morgan fingerprint density at radius 1 is 1.12 bits per heavy atom. The Kier molecular flexibility index (Phi) is 9.44. The largest absolute Gasteiger partial charge is 0.322 e. The SMILES string of the molecule is CC(C)CCCCCOP(=S)(S)OC(C)C. The van der Waals surface area contributed by atoms with Crippen LogP contribution < -0.4 is 0 Å². The Bertz CT molecular complexity index is 220. The van der Waals surface area contributed by atoms with E-state index in [1.807, 2.05) is 13.8 Å². The molecule has 1 unspecified atom stereocenters. The van der Waals surface area contributed by atoms with Gasteiger partial charge in [-0.15, -0.1) is 0 Å². The predicted molar refractivity (Wildman–Crippen MR) is 78.8 cm³/mol. The van der Waals surface area contributed by atoms with E-state index in [1.165, 1.54) is 19.3 Å². The highest BCUT2D eigenvalue weighted by molar-refractivity contribution is 8.60. The van der Waals surface area contributed by atoms with Crippen LogP contribution in [-0.2, 0) is 20.9 Å². The van der Waals surface area contributed by atoms with Gasteiger partial charge in [-0.2, -0.15) is 0 Å². The van der Waals surface area contributed by atoms with Crippen molar-refractivity contribution in [3.63, 3.8) is 0 Å². The zero-order chi connectivity index (χ0) is 12.6. The van der Waals surface area contributed by atoms with Crippen molar-refractivity contribution >= 4 is 29.7 Å². The number of hydrogen-bond donors (Lipinski definition) is 1. The average molecular weight is 284 g/mol. The van der Waals surface area contributed by atoms with Crippen molar-refractivity contribution in [1.29, 1.82) is 0 Å². The van der Waals surface area contributed by atoms with Gasteiger partial charge in [0.2, 0.25) is 5.69 Å². The smallest absolute Gasteiger partial charge is 0.244 e. The number of rotatable bonds is 9. The fourth-order valence-electron chi connectivity index (χ4n) is 1.31. The van der Waals surface area contributed by atoms with Gasteiger partial charge in [0.25, 0.3) is 0 Å². The van der Waals surface area contributed by atoms with Crippen molar-refractivity contribution in [1.82, 2.24) is 0 Å². The zero-order valence-electron chi connectivity index (χ0n) is 10.8. The molecule has 0 bridgehead atoms. The fourth-order valence-corrected chi connectivity index (χ4v) is 3.81. The van der Waals surface area contributed by atoms with Crippen LogP contribution in [0, 0.1) is 5.92 Å². The molecule has 0 spiro atoms. The lowest BCUT2D eigenvalue weighted by molar-refractivity contribution is 0.212. The second-order valence-electron chi connectivity index (χ2n) is 4.70. The van der Waals surface area contributed by atoms with Crippen LogP contribution in [0.25, 0.3) is 0 Å². The van der Waals surface area contributed by atoms with E-state index in [0.29, 0.717) is 6.61 Å². The van der Waals surface area contributed by atoms with E-state index in [2.05, 4.69) is 26.1 Å². The van der Waals surface area contributed by atoms with Crippen LogP contribution in [0.2, 0.25) is 0 Å². The highest BCUT2D eigenvalue weighted by atomic mass is 32.9. The van der Waals surface area contributed by atoms with Gasteiger partial charge in [0, 0.05) is 0 Å². The molecule has 1 atom stereocenters. The first kappa shape index (κ1) is 16.9. The van der Waals surface area contributed by atoms with E-state index in [9.17, 15) is 0 Å². The molecule has 0 saturated carbocycles. The van der Waals surface area contributed by atoms with Gasteiger partial charge in [0.1, 0.15) is 0 Å². The zero-order valence-corrected chi connectivity index (χ0v) is 13.4. The van der Waals surface area contributed by atoms with Crippen LogP contribution in [0.4, 0.5) is 0 Å². The monoisotopic (exact) mass is 284 g/mol. The topological polar surface area (TPSA) is 18.5 Å². The highest BCUT2D eigenvalue weighted by Gasteiger charge is 2.14. The summed E-state index contributed by atoms with van der Waals surface area (Å²) >= 11 is 9.44. The molecule has 5 heteroatoms. The molecule has 0 aromatic heterocycles. The maximum absolute atomic E-state index is 5.52. The third kappa shape index (κ3) is 11.4. The van der Waals surface area contributed by atoms with E-state index in [-0.39, 0.29) is 6.10 Å². The Morgan fingerprint density at radius 3 is 2.25 bits per heavy atom. The van der Waals surface area contributed by atoms with Crippen molar-refractivity contribution in [2.75, 3.05) is 6.61 Å². The molecule has 2 nitrogen and oxygen atoms in total. The summed E-state index contributed by atoms with van der Waals surface area (Å²) in [6.07, 6.45) is 4.89.